The summed E-state index contributed by atoms with van der Waals surface area (Å²) in [6.45, 7) is 0. The Labute approximate surface area is 115 Å². The van der Waals surface area contributed by atoms with Crippen molar-refractivity contribution in [3.05, 3.63) is 35.4 Å². The minimum Gasteiger partial charge on any atom is -0.465 e. The highest BCUT2D eigenvalue weighted by Gasteiger charge is 2.14. The Kier molecular flexibility index (Phi) is 5.68. The van der Waals surface area contributed by atoms with Crippen LogP contribution in [0, 0.1) is 0 Å². The fourth-order valence-electron chi connectivity index (χ4n) is 1.45. The zero-order chi connectivity index (χ0) is 14.5. The summed E-state index contributed by atoms with van der Waals surface area (Å²) in [6.07, 6.45) is 1.10. The van der Waals surface area contributed by atoms with Gasteiger partial charge in [0.2, 0.25) is 0 Å². The summed E-state index contributed by atoms with van der Waals surface area (Å²) >= 11 is 0. The Balaban J connectivity index is 2.77. The van der Waals surface area contributed by atoms with Gasteiger partial charge in [-0.05, 0) is 11.6 Å². The fraction of sp³-hybridized carbons (Fsp3) is 0.417. The van der Waals surface area contributed by atoms with Gasteiger partial charge in [-0.2, -0.15) is 0 Å². The van der Waals surface area contributed by atoms with Crippen molar-refractivity contribution in [2.75, 3.05) is 24.9 Å². The number of ether oxygens (including phenoxy) is 1. The van der Waals surface area contributed by atoms with Gasteiger partial charge in [-0.3, -0.25) is 4.21 Å². The molecule has 0 amide bonds. The summed E-state index contributed by atoms with van der Waals surface area (Å²) < 4.78 is 38.5. The molecule has 1 unspecified atom stereocenters. The molecule has 0 aliphatic rings. The minimum atomic E-state index is -3.13. The van der Waals surface area contributed by atoms with Gasteiger partial charge in [-0.15, -0.1) is 0 Å². The Morgan fingerprint density at radius 1 is 1.32 bits per heavy atom. The van der Waals surface area contributed by atoms with Crippen LogP contribution in [0.25, 0.3) is 0 Å². The van der Waals surface area contributed by atoms with E-state index in [9.17, 15) is 17.4 Å². The maximum atomic E-state index is 11.8. The third kappa shape index (κ3) is 5.52. The number of carbonyl (C=O) groups excluding carboxylic acids is 1. The van der Waals surface area contributed by atoms with Gasteiger partial charge in [0.25, 0.3) is 0 Å². The molecule has 0 radical (unpaired) electrons. The Hall–Kier alpha value is -1.21. The van der Waals surface area contributed by atoms with E-state index in [1.165, 1.54) is 7.11 Å². The third-order valence-corrected chi connectivity index (χ3v) is 4.92. The lowest BCUT2D eigenvalue weighted by molar-refractivity contribution is 0.0600. The van der Waals surface area contributed by atoms with E-state index >= 15 is 0 Å². The van der Waals surface area contributed by atoms with E-state index in [0.29, 0.717) is 11.1 Å². The van der Waals surface area contributed by atoms with Crippen LogP contribution in [0.1, 0.15) is 15.9 Å². The van der Waals surface area contributed by atoms with Gasteiger partial charge in [-0.25, -0.2) is 13.2 Å². The molecule has 0 bridgehead atoms. The van der Waals surface area contributed by atoms with Crippen molar-refractivity contribution in [3.63, 3.8) is 0 Å². The molecule has 0 aromatic heterocycles. The number of hydrogen-bond donors (Lipinski definition) is 0. The maximum Gasteiger partial charge on any atom is 0.338 e. The van der Waals surface area contributed by atoms with Crippen molar-refractivity contribution in [2.24, 2.45) is 0 Å². The van der Waals surface area contributed by atoms with Crippen LogP contribution < -0.4 is 0 Å². The molecule has 5 nitrogen and oxygen atoms in total. The third-order valence-electron chi connectivity index (χ3n) is 2.42. The molecule has 7 heteroatoms. The summed E-state index contributed by atoms with van der Waals surface area (Å²) in [4.78, 5) is 11.5. The van der Waals surface area contributed by atoms with Crippen LogP contribution in [0.3, 0.4) is 0 Å². The predicted octanol–water partition coefficient (Wildman–Crippen LogP) is 0.767. The molecule has 0 saturated heterocycles. The number of carbonyl (C=O) groups is 1. The monoisotopic (exact) mass is 304 g/mol. The van der Waals surface area contributed by atoms with Crippen molar-refractivity contribution in [2.45, 2.75) is 5.75 Å². The summed E-state index contributed by atoms with van der Waals surface area (Å²) in [7, 11) is -3.18. The summed E-state index contributed by atoms with van der Waals surface area (Å²) in [5, 5.41) is 0. The van der Waals surface area contributed by atoms with E-state index in [0.717, 1.165) is 6.26 Å². The molecule has 0 spiro atoms. The first-order valence-corrected chi connectivity index (χ1v) is 9.07. The largest absolute Gasteiger partial charge is 0.465 e. The second-order valence-electron chi connectivity index (χ2n) is 4.07. The number of rotatable bonds is 6. The average molecular weight is 304 g/mol. The van der Waals surface area contributed by atoms with Crippen molar-refractivity contribution in [1.82, 2.24) is 0 Å². The van der Waals surface area contributed by atoms with E-state index in [1.807, 2.05) is 0 Å². The van der Waals surface area contributed by atoms with Crippen LogP contribution in [0.5, 0.6) is 0 Å². The molecule has 0 fully saturated rings. The molecule has 0 aliphatic heterocycles. The molecule has 1 aromatic carbocycles. The SMILES string of the molecule is COC(=O)c1ccccc1CS(=O)CCS(C)(=O)=O. The molecule has 0 aliphatic carbocycles. The lowest BCUT2D eigenvalue weighted by atomic mass is 10.1. The number of hydrogen-bond acceptors (Lipinski definition) is 5. The molecule has 0 saturated carbocycles. The number of methoxy groups -OCH3 is 1. The van der Waals surface area contributed by atoms with Gasteiger partial charge in [-0.1, -0.05) is 18.2 Å². The van der Waals surface area contributed by atoms with Gasteiger partial charge in [0.1, 0.15) is 9.84 Å². The second kappa shape index (κ2) is 6.81. The highest BCUT2D eigenvalue weighted by Crippen LogP contribution is 2.12. The lowest BCUT2D eigenvalue weighted by Crippen LogP contribution is -2.14. The van der Waals surface area contributed by atoms with E-state index < -0.39 is 26.6 Å². The van der Waals surface area contributed by atoms with Gasteiger partial charge < -0.3 is 4.74 Å². The van der Waals surface area contributed by atoms with Crippen LogP contribution in [-0.2, 0) is 31.1 Å². The zero-order valence-corrected chi connectivity index (χ0v) is 12.4. The quantitative estimate of drug-likeness (QED) is 0.725. The molecule has 1 aromatic rings. The highest BCUT2D eigenvalue weighted by molar-refractivity contribution is 7.92. The molecule has 1 rings (SSSR count). The first-order chi connectivity index (χ1) is 8.83. The molecule has 0 N–H and O–H groups in total. The van der Waals surface area contributed by atoms with E-state index in [-0.39, 0.29) is 17.3 Å². The smallest absolute Gasteiger partial charge is 0.338 e. The first-order valence-electron chi connectivity index (χ1n) is 5.52. The van der Waals surface area contributed by atoms with E-state index in [4.69, 9.17) is 0 Å². The number of benzene rings is 1. The topological polar surface area (TPSA) is 77.5 Å². The van der Waals surface area contributed by atoms with Gasteiger partial charge >= 0.3 is 5.97 Å². The highest BCUT2D eigenvalue weighted by atomic mass is 32.2. The Morgan fingerprint density at radius 3 is 2.53 bits per heavy atom. The Bertz CT molecular complexity index is 578. The number of sulfone groups is 1. The van der Waals surface area contributed by atoms with Crippen LogP contribution in [-0.4, -0.2) is 43.5 Å². The normalized spacial score (nSPS) is 12.9. The van der Waals surface area contributed by atoms with Crippen LogP contribution in [0.4, 0.5) is 0 Å². The average Bonchev–Trinajstić information content (AvgIpc) is 2.35. The van der Waals surface area contributed by atoms with Crippen molar-refractivity contribution in [3.8, 4) is 0 Å². The van der Waals surface area contributed by atoms with Gasteiger partial charge in [0.05, 0.1) is 18.4 Å². The van der Waals surface area contributed by atoms with E-state index in [1.54, 1.807) is 24.3 Å². The summed E-state index contributed by atoms with van der Waals surface area (Å²) in [5.74, 6) is -0.412. The van der Waals surface area contributed by atoms with Crippen molar-refractivity contribution in [1.29, 1.82) is 0 Å². The van der Waals surface area contributed by atoms with Gasteiger partial charge in [0, 0.05) is 28.6 Å². The zero-order valence-electron chi connectivity index (χ0n) is 10.8. The minimum absolute atomic E-state index is 0.0638. The molecule has 106 valence electrons. The standard InChI is InChI=1S/C12H16O5S2/c1-17-12(13)11-6-4-3-5-10(11)9-18(14)7-8-19(2,15)16/h3-6H,7-9H2,1-2H3. The first kappa shape index (κ1) is 15.8. The second-order valence-corrected chi connectivity index (χ2v) is 7.90. The van der Waals surface area contributed by atoms with Gasteiger partial charge in [0.15, 0.2) is 0 Å². The molecule has 0 heterocycles. The molecule has 19 heavy (non-hydrogen) atoms. The molecular weight excluding hydrogens is 288 g/mol. The van der Waals surface area contributed by atoms with Crippen molar-refractivity contribution >= 4 is 26.6 Å². The van der Waals surface area contributed by atoms with E-state index in [2.05, 4.69) is 4.74 Å². The predicted molar refractivity (Wildman–Crippen MR) is 74.2 cm³/mol. The molecular formula is C12H16O5S2. The lowest BCUT2D eigenvalue weighted by Gasteiger charge is -2.07. The summed E-state index contributed by atoms with van der Waals surface area (Å²) in [6, 6.07) is 6.70. The fourth-order valence-corrected chi connectivity index (χ4v) is 4.14. The Morgan fingerprint density at radius 2 is 1.95 bits per heavy atom. The molecule has 1 atom stereocenters. The van der Waals surface area contributed by atoms with Crippen LogP contribution >= 0.6 is 0 Å². The van der Waals surface area contributed by atoms with Crippen LogP contribution in [0.15, 0.2) is 24.3 Å². The summed E-state index contributed by atoms with van der Waals surface area (Å²) in [5.41, 5.74) is 0.957. The van der Waals surface area contributed by atoms with Crippen LogP contribution in [0.2, 0.25) is 0 Å². The van der Waals surface area contributed by atoms with Crippen molar-refractivity contribution < 1.29 is 22.2 Å². The maximum absolute atomic E-state index is 11.8. The number of esters is 1.